The lowest BCUT2D eigenvalue weighted by atomic mass is 9.86. The third-order valence-electron chi connectivity index (χ3n) is 3.42. The molecule has 0 aromatic heterocycles. The molecule has 3 nitrogen and oxygen atoms in total. The highest BCUT2D eigenvalue weighted by molar-refractivity contribution is 5.90. The van der Waals surface area contributed by atoms with Crippen molar-refractivity contribution in [1.82, 2.24) is 10.2 Å². The van der Waals surface area contributed by atoms with Crippen LogP contribution in [0.3, 0.4) is 0 Å². The Hall–Kier alpha value is -0.410. The fraction of sp³-hybridized carbons (Fsp3) is 0.917. The molecule has 0 radical (unpaired) electrons. The molecule has 0 aromatic carbocycles. The second-order valence-electron chi connectivity index (χ2n) is 5.03. The lowest BCUT2D eigenvalue weighted by Gasteiger charge is -2.40. The van der Waals surface area contributed by atoms with Crippen molar-refractivity contribution in [3.63, 3.8) is 0 Å². The van der Waals surface area contributed by atoms with Gasteiger partial charge in [-0.1, -0.05) is 13.8 Å². The second-order valence-corrected chi connectivity index (χ2v) is 5.03. The van der Waals surface area contributed by atoms with Gasteiger partial charge in [0.2, 0.25) is 0 Å². The standard InChI is InChI=1S/C12H23N3/c1-10(2)13-5-6-14-12-9-15-7-3-11(12)4-8-15/h10-11,13H,3-9H2,1-2H3. The van der Waals surface area contributed by atoms with Gasteiger partial charge in [-0.3, -0.25) is 9.89 Å². The minimum atomic E-state index is 0.580. The van der Waals surface area contributed by atoms with Crippen molar-refractivity contribution in [3.8, 4) is 0 Å². The van der Waals surface area contributed by atoms with Crippen LogP contribution in [0.2, 0.25) is 0 Å². The van der Waals surface area contributed by atoms with E-state index in [0.29, 0.717) is 6.04 Å². The van der Waals surface area contributed by atoms with Gasteiger partial charge in [-0.15, -0.1) is 0 Å². The van der Waals surface area contributed by atoms with Crippen LogP contribution in [-0.4, -0.2) is 49.4 Å². The average Bonchev–Trinajstić information content (AvgIpc) is 2.26. The molecule has 0 aliphatic carbocycles. The maximum absolute atomic E-state index is 4.75. The van der Waals surface area contributed by atoms with Crippen molar-refractivity contribution < 1.29 is 0 Å². The van der Waals surface area contributed by atoms with E-state index >= 15 is 0 Å². The molecule has 3 aliphatic heterocycles. The van der Waals surface area contributed by atoms with Crippen molar-refractivity contribution in [2.75, 3.05) is 32.7 Å². The molecular formula is C12H23N3. The van der Waals surface area contributed by atoms with E-state index in [4.69, 9.17) is 4.99 Å². The highest BCUT2D eigenvalue weighted by atomic mass is 15.2. The van der Waals surface area contributed by atoms with Crippen LogP contribution < -0.4 is 5.32 Å². The van der Waals surface area contributed by atoms with Crippen LogP contribution in [0.15, 0.2) is 4.99 Å². The summed E-state index contributed by atoms with van der Waals surface area (Å²) < 4.78 is 0. The van der Waals surface area contributed by atoms with Gasteiger partial charge in [-0.25, -0.2) is 0 Å². The molecule has 3 rings (SSSR count). The molecule has 0 spiro atoms. The first kappa shape index (κ1) is 11.1. The van der Waals surface area contributed by atoms with Gasteiger partial charge in [0, 0.05) is 30.8 Å². The van der Waals surface area contributed by atoms with Gasteiger partial charge in [0.1, 0.15) is 0 Å². The predicted molar refractivity (Wildman–Crippen MR) is 64.6 cm³/mol. The number of piperidine rings is 3. The molecule has 3 saturated heterocycles. The smallest absolute Gasteiger partial charge is 0.0514 e. The number of hydrogen-bond donors (Lipinski definition) is 1. The molecule has 2 bridgehead atoms. The molecule has 3 heteroatoms. The number of rotatable bonds is 4. The summed E-state index contributed by atoms with van der Waals surface area (Å²) in [7, 11) is 0. The van der Waals surface area contributed by atoms with Crippen LogP contribution in [0.5, 0.6) is 0 Å². The fourth-order valence-electron chi connectivity index (χ4n) is 2.51. The number of nitrogens with one attached hydrogen (secondary N) is 1. The van der Waals surface area contributed by atoms with Crippen LogP contribution in [-0.2, 0) is 0 Å². The summed E-state index contributed by atoms with van der Waals surface area (Å²) in [4.78, 5) is 7.29. The largest absolute Gasteiger partial charge is 0.313 e. The summed E-state index contributed by atoms with van der Waals surface area (Å²) in [5.41, 5.74) is 1.47. The van der Waals surface area contributed by atoms with Crippen LogP contribution in [0.4, 0.5) is 0 Å². The van der Waals surface area contributed by atoms with Gasteiger partial charge >= 0.3 is 0 Å². The van der Waals surface area contributed by atoms with Gasteiger partial charge < -0.3 is 5.32 Å². The molecule has 3 heterocycles. The summed E-state index contributed by atoms with van der Waals surface area (Å²) in [5.74, 6) is 0.814. The van der Waals surface area contributed by atoms with Gasteiger partial charge in [-0.2, -0.15) is 0 Å². The molecule has 0 aromatic rings. The highest BCUT2D eigenvalue weighted by Gasteiger charge is 2.30. The lowest BCUT2D eigenvalue weighted by Crippen LogP contribution is -2.48. The summed E-state index contributed by atoms with van der Waals surface area (Å²) in [6, 6.07) is 0.580. The van der Waals surface area contributed by atoms with Gasteiger partial charge in [0.05, 0.1) is 6.54 Å². The van der Waals surface area contributed by atoms with E-state index in [1.54, 1.807) is 0 Å². The Morgan fingerprint density at radius 2 is 2.13 bits per heavy atom. The fourth-order valence-corrected chi connectivity index (χ4v) is 2.51. The van der Waals surface area contributed by atoms with E-state index in [-0.39, 0.29) is 0 Å². The van der Waals surface area contributed by atoms with E-state index in [1.165, 1.54) is 31.6 Å². The Morgan fingerprint density at radius 1 is 1.40 bits per heavy atom. The number of fused-ring (bicyclic) bond motifs is 3. The van der Waals surface area contributed by atoms with Crippen molar-refractivity contribution in [3.05, 3.63) is 0 Å². The topological polar surface area (TPSA) is 27.6 Å². The molecule has 1 N–H and O–H groups in total. The minimum absolute atomic E-state index is 0.580. The molecule has 15 heavy (non-hydrogen) atoms. The van der Waals surface area contributed by atoms with Crippen molar-refractivity contribution >= 4 is 5.71 Å². The van der Waals surface area contributed by atoms with Gasteiger partial charge in [-0.05, 0) is 25.9 Å². The number of nitrogens with zero attached hydrogens (tertiary/aromatic N) is 2. The summed E-state index contributed by atoms with van der Waals surface area (Å²) >= 11 is 0. The van der Waals surface area contributed by atoms with Gasteiger partial charge in [0.25, 0.3) is 0 Å². The summed E-state index contributed by atoms with van der Waals surface area (Å²) in [5, 5.41) is 3.41. The van der Waals surface area contributed by atoms with Crippen LogP contribution in [0, 0.1) is 5.92 Å². The van der Waals surface area contributed by atoms with E-state index in [2.05, 4.69) is 24.1 Å². The number of aliphatic imine (C=N–C) groups is 1. The third-order valence-corrected chi connectivity index (χ3v) is 3.42. The molecule has 0 unspecified atom stereocenters. The number of hydrogen-bond acceptors (Lipinski definition) is 3. The maximum atomic E-state index is 4.75. The normalized spacial score (nSPS) is 32.9. The monoisotopic (exact) mass is 209 g/mol. The molecule has 0 amide bonds. The van der Waals surface area contributed by atoms with Gasteiger partial charge in [0.15, 0.2) is 0 Å². The molecule has 0 saturated carbocycles. The maximum Gasteiger partial charge on any atom is 0.0514 e. The first-order valence-electron chi connectivity index (χ1n) is 6.24. The zero-order valence-corrected chi connectivity index (χ0v) is 10.00. The Morgan fingerprint density at radius 3 is 2.67 bits per heavy atom. The molecule has 3 fully saturated rings. The summed E-state index contributed by atoms with van der Waals surface area (Å²) in [6.45, 7) is 10.1. The quantitative estimate of drug-likeness (QED) is 0.703. The van der Waals surface area contributed by atoms with Crippen LogP contribution >= 0.6 is 0 Å². The van der Waals surface area contributed by atoms with Crippen molar-refractivity contribution in [1.29, 1.82) is 0 Å². The average molecular weight is 209 g/mol. The Labute approximate surface area is 92.9 Å². The van der Waals surface area contributed by atoms with E-state index in [1.807, 2.05) is 0 Å². The predicted octanol–water partition coefficient (Wildman–Crippen LogP) is 1.15. The second kappa shape index (κ2) is 5.08. The lowest BCUT2D eigenvalue weighted by molar-refractivity contribution is 0.200. The summed E-state index contributed by atoms with van der Waals surface area (Å²) in [6.07, 6.45) is 2.69. The first-order chi connectivity index (χ1) is 7.25. The van der Waals surface area contributed by atoms with E-state index < -0.39 is 0 Å². The highest BCUT2D eigenvalue weighted by Crippen LogP contribution is 2.25. The van der Waals surface area contributed by atoms with Crippen molar-refractivity contribution in [2.45, 2.75) is 32.7 Å². The van der Waals surface area contributed by atoms with Crippen molar-refractivity contribution in [2.24, 2.45) is 10.9 Å². The first-order valence-corrected chi connectivity index (χ1v) is 6.24. The van der Waals surface area contributed by atoms with Crippen LogP contribution in [0.1, 0.15) is 26.7 Å². The minimum Gasteiger partial charge on any atom is -0.313 e. The Balaban J connectivity index is 1.76. The molecule has 0 atom stereocenters. The molecular weight excluding hydrogens is 186 g/mol. The van der Waals surface area contributed by atoms with E-state index in [0.717, 1.165) is 25.6 Å². The Kier molecular flexibility index (Phi) is 3.76. The third kappa shape index (κ3) is 3.02. The molecule has 3 aliphatic rings. The Bertz CT molecular complexity index is 227. The molecule has 86 valence electrons. The van der Waals surface area contributed by atoms with Crippen LogP contribution in [0.25, 0.3) is 0 Å². The zero-order chi connectivity index (χ0) is 10.7. The zero-order valence-electron chi connectivity index (χ0n) is 10.00. The van der Waals surface area contributed by atoms with E-state index in [9.17, 15) is 0 Å². The SMILES string of the molecule is CC(C)NCCN=C1CN2CCC1CC2.